The summed E-state index contributed by atoms with van der Waals surface area (Å²) >= 11 is 1.33. The van der Waals surface area contributed by atoms with Gasteiger partial charge in [0, 0.05) is 7.05 Å². The van der Waals surface area contributed by atoms with E-state index in [0.717, 1.165) is 0 Å². The van der Waals surface area contributed by atoms with Crippen molar-refractivity contribution in [3.63, 3.8) is 0 Å². The fraction of sp³-hybridized carbons (Fsp3) is 0.143. The van der Waals surface area contributed by atoms with Crippen molar-refractivity contribution in [1.29, 1.82) is 0 Å². The molecule has 2 amide bonds. The summed E-state index contributed by atoms with van der Waals surface area (Å²) in [5.74, 6) is -0.829. The molecule has 3 aromatic rings. The Labute approximate surface area is 166 Å². The minimum atomic E-state index is -0.446. The van der Waals surface area contributed by atoms with E-state index in [1.807, 2.05) is 5.38 Å². The van der Waals surface area contributed by atoms with Crippen molar-refractivity contribution in [1.82, 2.24) is 4.90 Å². The van der Waals surface area contributed by atoms with Gasteiger partial charge in [-0.3, -0.25) is 9.59 Å². The number of likely N-dealkylation sites (N-methyl/N-ethyl adjacent to an activating group) is 1. The van der Waals surface area contributed by atoms with Gasteiger partial charge in [-0.05, 0) is 35.7 Å². The zero-order chi connectivity index (χ0) is 19.9. The number of carbonyl (C=O) groups is 2. The van der Waals surface area contributed by atoms with E-state index in [1.54, 1.807) is 55.6 Å². The number of anilines is 1. The molecule has 0 saturated carbocycles. The molecule has 7 heteroatoms. The van der Waals surface area contributed by atoms with Crippen LogP contribution in [0.2, 0.25) is 0 Å². The Bertz CT molecular complexity index is 960. The molecule has 144 valence electrons. The molecule has 1 aromatic heterocycles. The van der Waals surface area contributed by atoms with E-state index in [0.29, 0.717) is 16.1 Å². The van der Waals surface area contributed by atoms with E-state index < -0.39 is 5.82 Å². The molecule has 0 aliphatic heterocycles. The number of rotatable bonds is 7. The Kier molecular flexibility index (Phi) is 6.39. The molecule has 0 atom stereocenters. The maximum atomic E-state index is 13.6. The first-order valence-electron chi connectivity index (χ1n) is 8.63. The second kappa shape index (κ2) is 9.14. The SMILES string of the molecule is CN(CCOc1ccccc1F)C(=O)c1ccccc1NC(=O)c1cccs1. The highest BCUT2D eigenvalue weighted by Gasteiger charge is 2.18. The average Bonchev–Trinajstić information content (AvgIpc) is 3.24. The summed E-state index contributed by atoms with van der Waals surface area (Å²) in [7, 11) is 1.63. The van der Waals surface area contributed by atoms with E-state index in [1.165, 1.54) is 28.4 Å². The van der Waals surface area contributed by atoms with Gasteiger partial charge < -0.3 is 15.0 Å². The molecule has 0 spiro atoms. The Morgan fingerprint density at radius 2 is 1.82 bits per heavy atom. The van der Waals surface area contributed by atoms with Crippen LogP contribution in [0.25, 0.3) is 0 Å². The molecule has 0 aliphatic rings. The molecule has 1 N–H and O–H groups in total. The summed E-state index contributed by atoms with van der Waals surface area (Å²) in [4.78, 5) is 27.1. The normalized spacial score (nSPS) is 10.4. The summed E-state index contributed by atoms with van der Waals surface area (Å²) in [5.41, 5.74) is 0.813. The number of ether oxygens (including phenoxy) is 1. The summed E-state index contributed by atoms with van der Waals surface area (Å²) in [6.45, 7) is 0.410. The van der Waals surface area contributed by atoms with Crippen LogP contribution in [0.15, 0.2) is 66.0 Å². The highest BCUT2D eigenvalue weighted by Crippen LogP contribution is 2.20. The number of benzene rings is 2. The molecule has 28 heavy (non-hydrogen) atoms. The zero-order valence-electron chi connectivity index (χ0n) is 15.2. The third kappa shape index (κ3) is 4.75. The van der Waals surface area contributed by atoms with Gasteiger partial charge in [-0.2, -0.15) is 0 Å². The topological polar surface area (TPSA) is 58.6 Å². The molecular weight excluding hydrogens is 379 g/mol. The quantitative estimate of drug-likeness (QED) is 0.646. The number of hydrogen-bond donors (Lipinski definition) is 1. The fourth-order valence-corrected chi connectivity index (χ4v) is 3.15. The molecule has 0 fully saturated rings. The Balaban J connectivity index is 1.63. The minimum Gasteiger partial charge on any atom is -0.489 e. The van der Waals surface area contributed by atoms with Gasteiger partial charge in [-0.15, -0.1) is 11.3 Å². The number of hydrogen-bond acceptors (Lipinski definition) is 4. The van der Waals surface area contributed by atoms with Gasteiger partial charge in [0.1, 0.15) is 6.61 Å². The monoisotopic (exact) mass is 398 g/mol. The van der Waals surface area contributed by atoms with Crippen LogP contribution in [0.1, 0.15) is 20.0 Å². The van der Waals surface area contributed by atoms with Crippen molar-refractivity contribution in [2.24, 2.45) is 0 Å². The Morgan fingerprint density at radius 1 is 1.07 bits per heavy atom. The number of halogens is 1. The summed E-state index contributed by atoms with van der Waals surface area (Å²) in [6.07, 6.45) is 0. The van der Waals surface area contributed by atoms with Crippen LogP contribution >= 0.6 is 11.3 Å². The van der Waals surface area contributed by atoms with Crippen LogP contribution in [-0.2, 0) is 0 Å². The zero-order valence-corrected chi connectivity index (χ0v) is 16.0. The molecule has 0 aliphatic carbocycles. The first kappa shape index (κ1) is 19.6. The van der Waals surface area contributed by atoms with Gasteiger partial charge in [0.2, 0.25) is 0 Å². The largest absolute Gasteiger partial charge is 0.489 e. The number of nitrogens with zero attached hydrogens (tertiary/aromatic N) is 1. The maximum absolute atomic E-state index is 13.6. The molecule has 0 bridgehead atoms. The van der Waals surface area contributed by atoms with Crippen molar-refractivity contribution in [2.45, 2.75) is 0 Å². The first-order chi connectivity index (χ1) is 13.6. The van der Waals surface area contributed by atoms with Crippen LogP contribution in [0.5, 0.6) is 5.75 Å². The molecule has 5 nitrogen and oxygen atoms in total. The standard InChI is InChI=1S/C21H19FN2O3S/c1-24(12-13-27-18-10-5-3-8-16(18)22)21(26)15-7-2-4-9-17(15)23-20(25)19-11-6-14-28-19/h2-11,14H,12-13H2,1H3,(H,23,25). The fourth-order valence-electron chi connectivity index (χ4n) is 2.53. The first-order valence-corrected chi connectivity index (χ1v) is 9.51. The van der Waals surface area contributed by atoms with E-state index in [9.17, 15) is 14.0 Å². The van der Waals surface area contributed by atoms with Gasteiger partial charge in [-0.25, -0.2) is 4.39 Å². The van der Waals surface area contributed by atoms with Crippen LogP contribution in [0, 0.1) is 5.82 Å². The Hall–Kier alpha value is -3.19. The molecule has 1 heterocycles. The molecular formula is C21H19FN2O3S. The van der Waals surface area contributed by atoms with Crippen molar-refractivity contribution in [3.8, 4) is 5.75 Å². The molecule has 0 radical (unpaired) electrons. The highest BCUT2D eigenvalue weighted by molar-refractivity contribution is 7.12. The highest BCUT2D eigenvalue weighted by atomic mass is 32.1. The van der Waals surface area contributed by atoms with Crippen molar-refractivity contribution >= 4 is 28.8 Å². The smallest absolute Gasteiger partial charge is 0.265 e. The van der Waals surface area contributed by atoms with Gasteiger partial charge in [-0.1, -0.05) is 30.3 Å². The summed E-state index contributed by atoms with van der Waals surface area (Å²) < 4.78 is 19.0. The molecule has 0 unspecified atom stereocenters. The number of para-hydroxylation sites is 2. The predicted molar refractivity (Wildman–Crippen MR) is 108 cm³/mol. The van der Waals surface area contributed by atoms with Crippen molar-refractivity contribution in [2.75, 3.05) is 25.5 Å². The molecule has 0 saturated heterocycles. The second-order valence-corrected chi connectivity index (χ2v) is 6.93. The number of carbonyl (C=O) groups excluding carboxylic acids is 2. The summed E-state index contributed by atoms with van der Waals surface area (Å²) in [6, 6.07) is 16.4. The van der Waals surface area contributed by atoms with E-state index in [4.69, 9.17) is 4.74 Å². The van der Waals surface area contributed by atoms with Crippen LogP contribution < -0.4 is 10.1 Å². The second-order valence-electron chi connectivity index (χ2n) is 5.98. The molecule has 3 rings (SSSR count). The maximum Gasteiger partial charge on any atom is 0.265 e. The number of thiophene rings is 1. The van der Waals surface area contributed by atoms with E-state index in [-0.39, 0.29) is 30.7 Å². The van der Waals surface area contributed by atoms with Gasteiger partial charge in [0.05, 0.1) is 22.7 Å². The third-order valence-corrected chi connectivity index (χ3v) is 4.89. The minimum absolute atomic E-state index is 0.145. The third-order valence-electron chi connectivity index (χ3n) is 4.02. The van der Waals surface area contributed by atoms with E-state index >= 15 is 0 Å². The van der Waals surface area contributed by atoms with Crippen LogP contribution in [0.3, 0.4) is 0 Å². The Morgan fingerprint density at radius 3 is 2.57 bits per heavy atom. The number of nitrogens with one attached hydrogen (secondary N) is 1. The van der Waals surface area contributed by atoms with Crippen molar-refractivity contribution in [3.05, 3.63) is 82.3 Å². The van der Waals surface area contributed by atoms with Crippen LogP contribution in [-0.4, -0.2) is 36.9 Å². The van der Waals surface area contributed by atoms with Gasteiger partial charge in [0.25, 0.3) is 11.8 Å². The lowest BCUT2D eigenvalue weighted by Crippen LogP contribution is -2.31. The van der Waals surface area contributed by atoms with Gasteiger partial charge >= 0.3 is 0 Å². The van der Waals surface area contributed by atoms with Crippen molar-refractivity contribution < 1.29 is 18.7 Å². The lowest BCUT2D eigenvalue weighted by Gasteiger charge is -2.19. The number of amides is 2. The summed E-state index contributed by atoms with van der Waals surface area (Å²) in [5, 5.41) is 4.60. The average molecular weight is 398 g/mol. The predicted octanol–water partition coefficient (Wildman–Crippen LogP) is 4.29. The molecule has 2 aromatic carbocycles. The van der Waals surface area contributed by atoms with Crippen LogP contribution in [0.4, 0.5) is 10.1 Å². The van der Waals surface area contributed by atoms with E-state index in [2.05, 4.69) is 5.32 Å². The lowest BCUT2D eigenvalue weighted by molar-refractivity contribution is 0.0774. The van der Waals surface area contributed by atoms with Gasteiger partial charge in [0.15, 0.2) is 11.6 Å². The lowest BCUT2D eigenvalue weighted by atomic mass is 10.1.